The summed E-state index contributed by atoms with van der Waals surface area (Å²) in [7, 11) is 0. The van der Waals surface area contributed by atoms with E-state index >= 15 is 0 Å². The van der Waals surface area contributed by atoms with Gasteiger partial charge in [0, 0.05) is 37.9 Å². The summed E-state index contributed by atoms with van der Waals surface area (Å²) in [4.78, 5) is 10.9. The molecule has 3 rings (SSSR count). The number of rotatable bonds is 2. The fourth-order valence-corrected chi connectivity index (χ4v) is 2.65. The van der Waals surface area contributed by atoms with Crippen molar-refractivity contribution in [2.75, 3.05) is 13.1 Å². The predicted molar refractivity (Wildman–Crippen MR) is 76.2 cm³/mol. The average Bonchev–Trinajstić information content (AvgIpc) is 2.63. The molecule has 1 aliphatic rings. The van der Waals surface area contributed by atoms with Gasteiger partial charge in [-0.25, -0.2) is 9.97 Å². The van der Waals surface area contributed by atoms with Crippen molar-refractivity contribution in [3.05, 3.63) is 58.6 Å². The first-order chi connectivity index (χ1) is 9.31. The van der Waals surface area contributed by atoms with Crippen LogP contribution in [0.15, 0.2) is 36.5 Å². The fraction of sp³-hybridized carbons (Fsp3) is 0.333. The normalized spacial score (nSPS) is 15.8. The van der Waals surface area contributed by atoms with Crippen molar-refractivity contribution < 1.29 is 0 Å². The van der Waals surface area contributed by atoms with Crippen molar-refractivity contribution in [3.8, 4) is 0 Å². The van der Waals surface area contributed by atoms with E-state index < -0.39 is 0 Å². The molecule has 19 heavy (non-hydrogen) atoms. The van der Waals surface area contributed by atoms with E-state index in [1.807, 2.05) is 6.20 Å². The molecule has 0 fully saturated rings. The summed E-state index contributed by atoms with van der Waals surface area (Å²) in [6.07, 6.45) is 3.82. The largest absolute Gasteiger partial charge is 0.298 e. The Morgan fingerprint density at radius 1 is 1.11 bits per heavy atom. The zero-order valence-electron chi connectivity index (χ0n) is 10.7. The Kier molecular flexibility index (Phi) is 3.76. The lowest BCUT2D eigenvalue weighted by Gasteiger charge is -2.19. The minimum absolute atomic E-state index is 0.357. The smallest absolute Gasteiger partial charge is 0.222 e. The minimum atomic E-state index is 0.357. The first-order valence-corrected chi connectivity index (χ1v) is 6.95. The zero-order valence-corrected chi connectivity index (χ0v) is 11.5. The average molecular weight is 274 g/mol. The molecular formula is C15H16ClN3. The van der Waals surface area contributed by atoms with Crippen molar-refractivity contribution in [2.24, 2.45) is 0 Å². The van der Waals surface area contributed by atoms with Gasteiger partial charge in [-0.15, -0.1) is 0 Å². The molecule has 0 unspecified atom stereocenters. The molecule has 0 N–H and O–H groups in total. The standard InChI is InChI=1S/C15H16ClN3/c16-15-17-10-13-6-8-19(9-7-14(13)18-15)11-12-4-2-1-3-5-12/h1-5,10H,6-9,11H2. The summed E-state index contributed by atoms with van der Waals surface area (Å²) in [5, 5.41) is 0.357. The topological polar surface area (TPSA) is 29.0 Å². The molecule has 1 aromatic carbocycles. The van der Waals surface area contributed by atoms with Crippen LogP contribution in [0.25, 0.3) is 0 Å². The molecule has 0 aliphatic carbocycles. The van der Waals surface area contributed by atoms with Gasteiger partial charge in [-0.05, 0) is 29.1 Å². The van der Waals surface area contributed by atoms with Crippen LogP contribution in [0.4, 0.5) is 0 Å². The van der Waals surface area contributed by atoms with Crippen molar-refractivity contribution >= 4 is 11.6 Å². The summed E-state index contributed by atoms with van der Waals surface area (Å²) in [6, 6.07) is 10.6. The van der Waals surface area contributed by atoms with Gasteiger partial charge in [0.15, 0.2) is 0 Å². The maximum absolute atomic E-state index is 5.86. The second kappa shape index (κ2) is 5.68. The third-order valence-electron chi connectivity index (χ3n) is 3.54. The van der Waals surface area contributed by atoms with Crippen LogP contribution >= 0.6 is 11.6 Å². The highest BCUT2D eigenvalue weighted by Crippen LogP contribution is 2.16. The molecule has 0 saturated carbocycles. The van der Waals surface area contributed by atoms with E-state index in [0.717, 1.165) is 38.2 Å². The molecular weight excluding hydrogens is 258 g/mol. The summed E-state index contributed by atoms with van der Waals surface area (Å²) < 4.78 is 0. The Balaban J connectivity index is 1.70. The second-order valence-electron chi connectivity index (χ2n) is 4.87. The van der Waals surface area contributed by atoms with Gasteiger partial charge in [-0.1, -0.05) is 30.3 Å². The van der Waals surface area contributed by atoms with Crippen LogP contribution in [0, 0.1) is 0 Å². The van der Waals surface area contributed by atoms with E-state index in [1.165, 1.54) is 11.1 Å². The van der Waals surface area contributed by atoms with Gasteiger partial charge < -0.3 is 0 Å². The van der Waals surface area contributed by atoms with E-state index in [9.17, 15) is 0 Å². The van der Waals surface area contributed by atoms with Crippen molar-refractivity contribution in [1.82, 2.24) is 14.9 Å². The Hall–Kier alpha value is -1.45. The summed E-state index contributed by atoms with van der Waals surface area (Å²) in [5.41, 5.74) is 3.70. The van der Waals surface area contributed by atoms with E-state index in [2.05, 4.69) is 45.2 Å². The first-order valence-electron chi connectivity index (χ1n) is 6.58. The quantitative estimate of drug-likeness (QED) is 0.788. The third-order valence-corrected chi connectivity index (χ3v) is 3.72. The lowest BCUT2D eigenvalue weighted by atomic mass is 10.1. The Bertz CT molecular complexity index is 557. The van der Waals surface area contributed by atoms with Gasteiger partial charge in [-0.2, -0.15) is 0 Å². The van der Waals surface area contributed by atoms with Crippen LogP contribution in [0.5, 0.6) is 0 Å². The number of benzene rings is 1. The number of hydrogen-bond acceptors (Lipinski definition) is 3. The zero-order chi connectivity index (χ0) is 13.1. The Labute approximate surface area is 118 Å². The fourth-order valence-electron chi connectivity index (χ4n) is 2.50. The van der Waals surface area contributed by atoms with Crippen LogP contribution in [0.2, 0.25) is 5.28 Å². The van der Waals surface area contributed by atoms with E-state index in [4.69, 9.17) is 11.6 Å². The number of hydrogen-bond donors (Lipinski definition) is 0. The van der Waals surface area contributed by atoms with Crippen LogP contribution < -0.4 is 0 Å². The highest BCUT2D eigenvalue weighted by atomic mass is 35.5. The number of aromatic nitrogens is 2. The van der Waals surface area contributed by atoms with Crippen LogP contribution in [0.1, 0.15) is 16.8 Å². The first kappa shape index (κ1) is 12.6. The van der Waals surface area contributed by atoms with Crippen LogP contribution in [0.3, 0.4) is 0 Å². The summed E-state index contributed by atoms with van der Waals surface area (Å²) >= 11 is 5.86. The van der Waals surface area contributed by atoms with Gasteiger partial charge in [0.2, 0.25) is 5.28 Å². The molecule has 0 radical (unpaired) electrons. The molecule has 0 amide bonds. The SMILES string of the molecule is Clc1ncc2c(n1)CCN(Cc1ccccc1)CC2. The van der Waals surface area contributed by atoms with Crippen molar-refractivity contribution in [1.29, 1.82) is 0 Å². The molecule has 0 atom stereocenters. The van der Waals surface area contributed by atoms with Crippen LogP contribution in [-0.2, 0) is 19.4 Å². The number of fused-ring (bicyclic) bond motifs is 1. The molecule has 0 spiro atoms. The summed E-state index contributed by atoms with van der Waals surface area (Å²) in [6.45, 7) is 3.07. The van der Waals surface area contributed by atoms with Gasteiger partial charge in [0.25, 0.3) is 0 Å². The van der Waals surface area contributed by atoms with E-state index in [-0.39, 0.29) is 0 Å². The third kappa shape index (κ3) is 3.11. The highest BCUT2D eigenvalue weighted by molar-refractivity contribution is 6.28. The Morgan fingerprint density at radius 2 is 1.89 bits per heavy atom. The molecule has 4 heteroatoms. The minimum Gasteiger partial charge on any atom is -0.298 e. The molecule has 3 nitrogen and oxygen atoms in total. The predicted octanol–water partition coefficient (Wildman–Crippen LogP) is 2.73. The summed E-state index contributed by atoms with van der Waals surface area (Å²) in [5.74, 6) is 0. The highest BCUT2D eigenvalue weighted by Gasteiger charge is 2.15. The van der Waals surface area contributed by atoms with Gasteiger partial charge in [0.1, 0.15) is 0 Å². The molecule has 98 valence electrons. The van der Waals surface area contributed by atoms with Crippen molar-refractivity contribution in [2.45, 2.75) is 19.4 Å². The van der Waals surface area contributed by atoms with Gasteiger partial charge >= 0.3 is 0 Å². The molecule has 1 aliphatic heterocycles. The second-order valence-corrected chi connectivity index (χ2v) is 5.21. The molecule has 2 aromatic rings. The monoisotopic (exact) mass is 273 g/mol. The number of halogens is 1. The van der Waals surface area contributed by atoms with Gasteiger partial charge in [-0.3, -0.25) is 4.90 Å². The van der Waals surface area contributed by atoms with Crippen LogP contribution in [-0.4, -0.2) is 28.0 Å². The maximum atomic E-state index is 5.86. The van der Waals surface area contributed by atoms with Gasteiger partial charge in [0.05, 0.1) is 0 Å². The molecule has 1 aromatic heterocycles. The molecule has 2 heterocycles. The molecule has 0 bridgehead atoms. The lowest BCUT2D eigenvalue weighted by molar-refractivity contribution is 0.279. The van der Waals surface area contributed by atoms with E-state index in [1.54, 1.807) is 0 Å². The van der Waals surface area contributed by atoms with E-state index in [0.29, 0.717) is 5.28 Å². The molecule has 0 saturated heterocycles. The maximum Gasteiger partial charge on any atom is 0.222 e. The van der Waals surface area contributed by atoms with Crippen molar-refractivity contribution in [3.63, 3.8) is 0 Å². The number of nitrogens with zero attached hydrogens (tertiary/aromatic N) is 3. The Morgan fingerprint density at radius 3 is 2.74 bits per heavy atom. The lowest BCUT2D eigenvalue weighted by Crippen LogP contribution is -2.25.